The zero-order valence-electron chi connectivity index (χ0n) is 26.4. The molecule has 0 aliphatic rings. The number of benzene rings is 5. The molecule has 2 aromatic heterocycles. The van der Waals surface area contributed by atoms with Crippen molar-refractivity contribution in [3.05, 3.63) is 168 Å². The van der Waals surface area contributed by atoms with Crippen molar-refractivity contribution in [2.75, 3.05) is 0 Å². The highest BCUT2D eigenvalue weighted by Gasteiger charge is 2.22. The summed E-state index contributed by atoms with van der Waals surface area (Å²) < 4.78 is 4.22. The first kappa shape index (κ1) is 28.5. The lowest BCUT2D eigenvalue weighted by atomic mass is 9.90. The maximum atomic E-state index is 10.6. The van der Waals surface area contributed by atoms with Crippen molar-refractivity contribution in [1.29, 1.82) is 15.8 Å². The fourth-order valence-electron chi connectivity index (χ4n) is 7.21. The first-order valence-electron chi connectivity index (χ1n) is 16.0. The Labute approximate surface area is 287 Å². The fourth-order valence-corrected chi connectivity index (χ4v) is 7.21. The van der Waals surface area contributed by atoms with Crippen LogP contribution in [0.3, 0.4) is 0 Å². The van der Waals surface area contributed by atoms with Gasteiger partial charge >= 0.3 is 0 Å². The van der Waals surface area contributed by atoms with Crippen molar-refractivity contribution in [2.24, 2.45) is 0 Å². The van der Waals surface area contributed by atoms with E-state index in [0.29, 0.717) is 39.0 Å². The van der Waals surface area contributed by atoms with Gasteiger partial charge < -0.3 is 4.57 Å². The average molecular weight is 632 g/mol. The normalized spacial score (nSPS) is 10.8. The second-order valence-electron chi connectivity index (χ2n) is 12.0. The smallest absolute Gasteiger partial charge is 0.108 e. The molecule has 9 rings (SSSR count). The highest BCUT2D eigenvalue weighted by molar-refractivity contribution is 6.10. The van der Waals surface area contributed by atoms with Crippen LogP contribution in [0.25, 0.3) is 77.2 Å². The molecule has 0 N–H and O–H groups in total. The highest BCUT2D eigenvalue weighted by atomic mass is 15.0. The third-order valence-electron chi connectivity index (χ3n) is 9.29. The van der Waals surface area contributed by atoms with E-state index >= 15 is 0 Å². The number of rotatable bonds is 4. The monoisotopic (exact) mass is 631 g/mol. The molecule has 50 heavy (non-hydrogen) atoms. The zero-order chi connectivity index (χ0) is 33.8. The molecule has 0 aliphatic heterocycles. The van der Waals surface area contributed by atoms with Gasteiger partial charge in [-0.3, -0.25) is 4.57 Å². The van der Waals surface area contributed by atoms with Gasteiger partial charge in [0.2, 0.25) is 0 Å². The highest BCUT2D eigenvalue weighted by Crippen LogP contribution is 2.42. The molecule has 0 fully saturated rings. The van der Waals surface area contributed by atoms with Crippen molar-refractivity contribution < 1.29 is 0 Å². The number of hydrogen-bond donors (Lipinski definition) is 0. The summed E-state index contributed by atoms with van der Waals surface area (Å²) in [7, 11) is 0. The quantitative estimate of drug-likeness (QED) is 0.194. The van der Waals surface area contributed by atoms with Crippen LogP contribution in [0, 0.1) is 58.3 Å². The van der Waals surface area contributed by atoms with Gasteiger partial charge in [0.05, 0.1) is 33.9 Å². The third-order valence-corrected chi connectivity index (χ3v) is 9.29. The lowest BCUT2D eigenvalue weighted by molar-refractivity contribution is 1.17. The van der Waals surface area contributed by atoms with Gasteiger partial charge in [0, 0.05) is 32.8 Å². The van der Waals surface area contributed by atoms with Crippen molar-refractivity contribution >= 4 is 43.6 Å². The molecule has 0 atom stereocenters. The average Bonchev–Trinajstić information content (AvgIpc) is 3.70. The van der Waals surface area contributed by atoms with Crippen LogP contribution >= 0.6 is 0 Å². The van der Waals surface area contributed by atoms with E-state index in [-0.39, 0.29) is 0 Å². The van der Waals surface area contributed by atoms with Gasteiger partial charge in [-0.2, -0.15) is 15.8 Å². The number of hydrogen-bond acceptors (Lipinski definition) is 3. The number of para-hydroxylation sites is 2. The number of nitriles is 3. The van der Waals surface area contributed by atoms with Crippen LogP contribution in [0.1, 0.15) is 16.7 Å². The van der Waals surface area contributed by atoms with Gasteiger partial charge in [-0.1, -0.05) is 78.9 Å². The molecule has 5 heteroatoms. The van der Waals surface area contributed by atoms with E-state index in [9.17, 15) is 15.8 Å². The summed E-state index contributed by atoms with van der Waals surface area (Å²) in [5.41, 5.74) is 9.68. The summed E-state index contributed by atoms with van der Waals surface area (Å²) in [6.45, 7) is 0. The Balaban J connectivity index is 1.32. The van der Waals surface area contributed by atoms with Crippen LogP contribution in [0.5, 0.6) is 0 Å². The standard InChI is InChI=1S/C45H21N5/c46-26-29-20-21-44-39(23-29)38-16-5-8-19-43(38)50(44)45-32(28-48)22-30(27-47)24-40(45)35-13-2-1-12-34(35)31-10-9-11-33(25-31)49-41-17-6-3-14-36(41)37-15-4-7-18-42(37)49/h1-7,9-18,22-25H. The topological polar surface area (TPSA) is 81.2 Å². The number of aromatic nitrogens is 2. The van der Waals surface area contributed by atoms with Crippen LogP contribution in [0.4, 0.5) is 0 Å². The predicted molar refractivity (Wildman–Crippen MR) is 195 cm³/mol. The van der Waals surface area contributed by atoms with Gasteiger partial charge in [-0.05, 0) is 89.5 Å². The summed E-state index contributed by atoms with van der Waals surface area (Å²) in [4.78, 5) is 0. The van der Waals surface area contributed by atoms with Gasteiger partial charge in [0.1, 0.15) is 28.7 Å². The largest absolute Gasteiger partial charge is 0.309 e. The Kier molecular flexibility index (Phi) is 6.38. The van der Waals surface area contributed by atoms with E-state index < -0.39 is 0 Å². The number of nitrogens with zero attached hydrogens (tertiary/aromatic N) is 5. The van der Waals surface area contributed by atoms with E-state index in [2.05, 4.69) is 126 Å². The summed E-state index contributed by atoms with van der Waals surface area (Å²) in [6.07, 6.45) is 0. The first-order valence-corrected chi connectivity index (χ1v) is 16.0. The third kappa shape index (κ3) is 4.22. The zero-order valence-corrected chi connectivity index (χ0v) is 26.4. The Morgan fingerprint density at radius 1 is 0.500 bits per heavy atom. The molecule has 226 valence electrons. The van der Waals surface area contributed by atoms with Crippen LogP contribution in [0.15, 0.2) is 127 Å². The maximum absolute atomic E-state index is 10.6. The molecule has 0 aliphatic carbocycles. The minimum atomic E-state index is 0.321. The molecule has 0 spiro atoms. The van der Waals surface area contributed by atoms with E-state index in [1.165, 1.54) is 10.8 Å². The Bertz CT molecular complexity index is 2920. The molecule has 0 unspecified atom stereocenters. The minimum Gasteiger partial charge on any atom is -0.309 e. The summed E-state index contributed by atoms with van der Waals surface area (Å²) in [5, 5.41) is 34.4. The molecule has 2 heterocycles. The van der Waals surface area contributed by atoms with Crippen LogP contribution in [0.2, 0.25) is 0 Å². The number of fused-ring (bicyclic) bond motifs is 6. The molecule has 0 radical (unpaired) electrons. The van der Waals surface area contributed by atoms with Crippen LogP contribution < -0.4 is 0 Å². The summed E-state index contributed by atoms with van der Waals surface area (Å²) in [6, 6.07) is 61.6. The van der Waals surface area contributed by atoms with Crippen molar-refractivity contribution in [3.63, 3.8) is 0 Å². The van der Waals surface area contributed by atoms with E-state index in [1.807, 2.05) is 34.9 Å². The molecule has 0 saturated heterocycles. The second-order valence-corrected chi connectivity index (χ2v) is 12.0. The van der Waals surface area contributed by atoms with Gasteiger partial charge in [-0.25, -0.2) is 0 Å². The van der Waals surface area contributed by atoms with Crippen molar-refractivity contribution in [3.8, 4) is 51.8 Å². The Morgan fingerprint density at radius 2 is 1.22 bits per heavy atom. The molecular weight excluding hydrogens is 611 g/mol. The molecule has 0 saturated carbocycles. The van der Waals surface area contributed by atoms with E-state index in [1.54, 1.807) is 18.2 Å². The lowest BCUT2D eigenvalue weighted by Gasteiger charge is -2.18. The van der Waals surface area contributed by atoms with Crippen LogP contribution in [-0.4, -0.2) is 9.13 Å². The molecular formula is C45H21N5. The molecule has 0 amide bonds. The van der Waals surface area contributed by atoms with Crippen molar-refractivity contribution in [2.45, 2.75) is 0 Å². The maximum Gasteiger partial charge on any atom is 0.108 e. The molecule has 7 aromatic carbocycles. The van der Waals surface area contributed by atoms with Gasteiger partial charge in [-0.15, -0.1) is 0 Å². The Morgan fingerprint density at radius 3 is 1.96 bits per heavy atom. The predicted octanol–water partition coefficient (Wildman–Crippen LogP) is 10.0. The fraction of sp³-hybridized carbons (Fsp3) is 0. The SMILES string of the molecule is N#Cc1c#cc2c(c1)c1ccc#cc1n2-c1c(C#N)cc(C#N)cc1-c1ccccc1-c1cccc(-n2c3ccccc3c3ccccc32)c1. The lowest BCUT2D eigenvalue weighted by Crippen LogP contribution is -2.02. The summed E-state index contributed by atoms with van der Waals surface area (Å²) in [5.74, 6) is 0. The first-order chi connectivity index (χ1) is 24.7. The minimum absolute atomic E-state index is 0.321. The van der Waals surface area contributed by atoms with E-state index in [4.69, 9.17) is 0 Å². The molecule has 5 nitrogen and oxygen atoms in total. The van der Waals surface area contributed by atoms with Gasteiger partial charge in [0.15, 0.2) is 0 Å². The van der Waals surface area contributed by atoms with Crippen LogP contribution in [-0.2, 0) is 0 Å². The second kappa shape index (κ2) is 11.2. The molecule has 9 aromatic rings. The van der Waals surface area contributed by atoms with Gasteiger partial charge in [0.25, 0.3) is 0 Å². The molecule has 0 bridgehead atoms. The summed E-state index contributed by atoms with van der Waals surface area (Å²) >= 11 is 0. The van der Waals surface area contributed by atoms with E-state index in [0.717, 1.165) is 44.2 Å². The Hall–Kier alpha value is -7.75. The van der Waals surface area contributed by atoms with Crippen molar-refractivity contribution in [1.82, 2.24) is 9.13 Å².